The lowest BCUT2D eigenvalue weighted by Crippen LogP contribution is -1.98. The summed E-state index contributed by atoms with van der Waals surface area (Å²) >= 11 is 1.69. The zero-order valence-electron chi connectivity index (χ0n) is 10.5. The molecule has 0 bridgehead atoms. The molecule has 0 fully saturated rings. The zero-order chi connectivity index (χ0) is 13.2. The topological polar surface area (TPSA) is 77.0 Å². The van der Waals surface area contributed by atoms with Gasteiger partial charge in [0, 0.05) is 11.1 Å². The fourth-order valence-electron chi connectivity index (χ4n) is 1.79. The van der Waals surface area contributed by atoms with E-state index in [0.717, 1.165) is 11.4 Å². The number of nitrogen functional groups attached to an aromatic ring is 1. The highest BCUT2D eigenvalue weighted by Gasteiger charge is 2.08. The number of aryl methyl sites for hydroxylation is 1. The van der Waals surface area contributed by atoms with E-state index in [0.29, 0.717) is 29.3 Å². The smallest absolute Gasteiger partial charge is 0.296 e. The Morgan fingerprint density at radius 2 is 2.32 bits per heavy atom. The van der Waals surface area contributed by atoms with Gasteiger partial charge in [-0.1, -0.05) is 13.0 Å². The van der Waals surface area contributed by atoms with E-state index in [1.54, 1.807) is 11.3 Å². The highest BCUT2D eigenvalue weighted by atomic mass is 32.1. The van der Waals surface area contributed by atoms with Crippen LogP contribution >= 0.6 is 11.3 Å². The first-order valence-electron chi connectivity index (χ1n) is 6.08. The number of nitrogens with zero attached hydrogens (tertiary/aromatic N) is 2. The molecule has 3 aromatic rings. The Morgan fingerprint density at radius 3 is 3.05 bits per heavy atom. The summed E-state index contributed by atoms with van der Waals surface area (Å²) in [7, 11) is 0. The quantitative estimate of drug-likeness (QED) is 0.715. The molecule has 1 aromatic carbocycles. The number of hydrogen-bond donors (Lipinski definition) is 2. The van der Waals surface area contributed by atoms with Gasteiger partial charge in [-0.2, -0.15) is 4.98 Å². The van der Waals surface area contributed by atoms with Crippen LogP contribution in [0.25, 0.3) is 11.1 Å². The molecule has 0 atom stereocenters. The Labute approximate surface area is 114 Å². The summed E-state index contributed by atoms with van der Waals surface area (Å²) in [5, 5.41) is 4.15. The summed E-state index contributed by atoms with van der Waals surface area (Å²) in [5.41, 5.74) is 7.84. The maximum absolute atomic E-state index is 5.84. The minimum absolute atomic E-state index is 0.473. The van der Waals surface area contributed by atoms with Crippen LogP contribution in [-0.4, -0.2) is 9.97 Å². The normalized spacial score (nSPS) is 11.0. The van der Waals surface area contributed by atoms with Crippen molar-refractivity contribution in [2.75, 3.05) is 11.1 Å². The van der Waals surface area contributed by atoms with Crippen molar-refractivity contribution in [3.05, 3.63) is 34.3 Å². The minimum Gasteiger partial charge on any atom is -0.423 e. The molecule has 0 aliphatic rings. The molecule has 98 valence electrons. The Bertz CT molecular complexity index is 704. The molecule has 0 radical (unpaired) electrons. The zero-order valence-corrected chi connectivity index (χ0v) is 11.3. The lowest BCUT2D eigenvalue weighted by molar-refractivity contribution is 0.614. The van der Waals surface area contributed by atoms with Gasteiger partial charge in [-0.15, -0.1) is 11.3 Å². The highest BCUT2D eigenvalue weighted by Crippen LogP contribution is 2.24. The van der Waals surface area contributed by atoms with E-state index in [2.05, 4.69) is 22.2 Å². The second-order valence-corrected chi connectivity index (χ2v) is 5.34. The van der Waals surface area contributed by atoms with Crippen LogP contribution in [0.15, 0.2) is 28.8 Å². The summed E-state index contributed by atoms with van der Waals surface area (Å²) in [6, 6.07) is 5.98. The van der Waals surface area contributed by atoms with Crippen molar-refractivity contribution in [1.82, 2.24) is 9.97 Å². The molecule has 2 heterocycles. The fourth-order valence-corrected chi connectivity index (χ4v) is 2.59. The summed E-state index contributed by atoms with van der Waals surface area (Å²) < 4.78 is 5.58. The Morgan fingerprint density at radius 1 is 1.42 bits per heavy atom. The van der Waals surface area contributed by atoms with Crippen LogP contribution in [0, 0.1) is 0 Å². The van der Waals surface area contributed by atoms with Crippen molar-refractivity contribution >= 4 is 34.1 Å². The molecule has 0 unspecified atom stereocenters. The van der Waals surface area contributed by atoms with Crippen LogP contribution in [0.1, 0.15) is 16.8 Å². The average Bonchev–Trinajstić information content (AvgIpc) is 3.03. The molecule has 3 rings (SSSR count). The second-order valence-electron chi connectivity index (χ2n) is 4.14. The molecule has 0 aliphatic heterocycles. The van der Waals surface area contributed by atoms with Gasteiger partial charge in [-0.3, -0.25) is 0 Å². The average molecular weight is 274 g/mol. The van der Waals surface area contributed by atoms with Crippen molar-refractivity contribution in [1.29, 1.82) is 0 Å². The number of fused-ring (bicyclic) bond motifs is 1. The van der Waals surface area contributed by atoms with E-state index in [4.69, 9.17) is 10.2 Å². The Balaban J connectivity index is 1.76. The van der Waals surface area contributed by atoms with E-state index in [-0.39, 0.29) is 0 Å². The van der Waals surface area contributed by atoms with Crippen LogP contribution < -0.4 is 11.1 Å². The van der Waals surface area contributed by atoms with Crippen LogP contribution in [0.3, 0.4) is 0 Å². The molecule has 6 heteroatoms. The molecule has 0 amide bonds. The lowest BCUT2D eigenvalue weighted by Gasteiger charge is -1.96. The molecular formula is C13H14N4OS. The number of nitrogens with one attached hydrogen (secondary N) is 1. The number of para-hydroxylation sites is 1. The fraction of sp³-hybridized carbons (Fsp3) is 0.231. The third kappa shape index (κ3) is 2.39. The van der Waals surface area contributed by atoms with Gasteiger partial charge in [0.25, 0.3) is 6.01 Å². The van der Waals surface area contributed by atoms with Gasteiger partial charge >= 0.3 is 0 Å². The summed E-state index contributed by atoms with van der Waals surface area (Å²) in [6.07, 6.45) is 2.92. The number of nitrogens with two attached hydrogens (primary N) is 1. The monoisotopic (exact) mass is 274 g/mol. The minimum atomic E-state index is 0.473. The summed E-state index contributed by atoms with van der Waals surface area (Å²) in [4.78, 5) is 9.94. The number of hydrogen-bond acceptors (Lipinski definition) is 6. The molecule has 0 aliphatic carbocycles. The summed E-state index contributed by atoms with van der Waals surface area (Å²) in [6.45, 7) is 2.73. The van der Waals surface area contributed by atoms with E-state index in [1.807, 2.05) is 24.4 Å². The van der Waals surface area contributed by atoms with Gasteiger partial charge in [0.1, 0.15) is 10.5 Å². The van der Waals surface area contributed by atoms with Gasteiger partial charge in [-0.05, 0) is 18.6 Å². The lowest BCUT2D eigenvalue weighted by atomic mass is 10.3. The molecule has 5 nitrogen and oxygen atoms in total. The van der Waals surface area contributed by atoms with Crippen LogP contribution in [0.2, 0.25) is 0 Å². The van der Waals surface area contributed by atoms with Crippen molar-refractivity contribution < 1.29 is 4.42 Å². The maximum Gasteiger partial charge on any atom is 0.296 e. The largest absolute Gasteiger partial charge is 0.423 e. The molecular weight excluding hydrogens is 260 g/mol. The molecule has 0 spiro atoms. The van der Waals surface area contributed by atoms with Gasteiger partial charge in [0.2, 0.25) is 0 Å². The second kappa shape index (κ2) is 4.89. The van der Waals surface area contributed by atoms with E-state index < -0.39 is 0 Å². The predicted octanol–water partition coefficient (Wildman–Crippen LogP) is 3.04. The molecule has 2 aromatic heterocycles. The SMILES string of the molecule is CCc1cnc(CNc2nc3c(N)cccc3o2)s1. The first-order chi connectivity index (χ1) is 9.26. The number of benzene rings is 1. The number of rotatable bonds is 4. The first-order valence-corrected chi connectivity index (χ1v) is 6.90. The number of aromatic nitrogens is 2. The van der Waals surface area contributed by atoms with Gasteiger partial charge in [-0.25, -0.2) is 4.98 Å². The third-order valence-corrected chi connectivity index (χ3v) is 3.93. The van der Waals surface area contributed by atoms with Crippen molar-refractivity contribution in [2.24, 2.45) is 0 Å². The van der Waals surface area contributed by atoms with Crippen LogP contribution in [0.4, 0.5) is 11.7 Å². The van der Waals surface area contributed by atoms with E-state index in [1.165, 1.54) is 4.88 Å². The molecule has 19 heavy (non-hydrogen) atoms. The van der Waals surface area contributed by atoms with Gasteiger partial charge in [0.15, 0.2) is 5.58 Å². The Hall–Kier alpha value is -2.08. The predicted molar refractivity (Wildman–Crippen MR) is 77.2 cm³/mol. The van der Waals surface area contributed by atoms with Crippen LogP contribution in [0.5, 0.6) is 0 Å². The third-order valence-electron chi connectivity index (χ3n) is 2.79. The number of anilines is 2. The van der Waals surface area contributed by atoms with Gasteiger partial charge in [0.05, 0.1) is 12.2 Å². The summed E-state index contributed by atoms with van der Waals surface area (Å²) in [5.74, 6) is 0. The number of thiazole rings is 1. The van der Waals surface area contributed by atoms with E-state index >= 15 is 0 Å². The Kier molecular flexibility index (Phi) is 3.08. The van der Waals surface area contributed by atoms with E-state index in [9.17, 15) is 0 Å². The maximum atomic E-state index is 5.84. The van der Waals surface area contributed by atoms with Crippen molar-refractivity contribution in [3.63, 3.8) is 0 Å². The van der Waals surface area contributed by atoms with Crippen molar-refractivity contribution in [2.45, 2.75) is 19.9 Å². The molecule has 0 saturated carbocycles. The standard InChI is InChI=1S/C13H14N4OS/c1-2-8-6-15-11(19-8)7-16-13-17-12-9(14)4-3-5-10(12)18-13/h3-6H,2,7,14H2,1H3,(H,16,17). The molecule has 0 saturated heterocycles. The highest BCUT2D eigenvalue weighted by molar-refractivity contribution is 7.11. The van der Waals surface area contributed by atoms with Crippen LogP contribution in [-0.2, 0) is 13.0 Å². The number of oxazole rings is 1. The van der Waals surface area contributed by atoms with Gasteiger partial charge < -0.3 is 15.5 Å². The molecule has 3 N–H and O–H groups in total. The first kappa shape index (κ1) is 12.0. The van der Waals surface area contributed by atoms with Crippen molar-refractivity contribution in [3.8, 4) is 0 Å².